The van der Waals surface area contributed by atoms with Gasteiger partial charge < -0.3 is 10.1 Å². The van der Waals surface area contributed by atoms with Gasteiger partial charge in [-0.1, -0.05) is 32.0 Å². The molecule has 1 rings (SSSR count). The van der Waals surface area contributed by atoms with E-state index in [2.05, 4.69) is 5.32 Å². The van der Waals surface area contributed by atoms with E-state index in [1.807, 2.05) is 45.0 Å². The first kappa shape index (κ1) is 13.6. The first-order chi connectivity index (χ1) is 8.19. The minimum Gasteiger partial charge on any atom is -0.480 e. The number of carbonyl (C=O) groups is 1. The molecule has 0 radical (unpaired) electrons. The van der Waals surface area contributed by atoms with Gasteiger partial charge in [-0.15, -0.1) is 0 Å². The predicted molar refractivity (Wildman–Crippen MR) is 69.2 cm³/mol. The number of para-hydroxylation sites is 1. The van der Waals surface area contributed by atoms with Crippen LogP contribution in [-0.4, -0.2) is 18.6 Å². The van der Waals surface area contributed by atoms with E-state index in [0.29, 0.717) is 13.0 Å². The van der Waals surface area contributed by atoms with Crippen molar-refractivity contribution < 1.29 is 9.53 Å². The third kappa shape index (κ3) is 4.10. The lowest BCUT2D eigenvalue weighted by molar-refractivity contribution is -0.128. The van der Waals surface area contributed by atoms with Gasteiger partial charge in [0.1, 0.15) is 5.75 Å². The van der Waals surface area contributed by atoms with Crippen LogP contribution in [0.3, 0.4) is 0 Å². The van der Waals surface area contributed by atoms with Crippen molar-refractivity contribution in [1.82, 2.24) is 5.32 Å². The lowest BCUT2D eigenvalue weighted by Gasteiger charge is -2.18. The highest BCUT2D eigenvalue weighted by atomic mass is 16.5. The maximum absolute atomic E-state index is 11.8. The number of nitrogens with one attached hydrogen (secondary N) is 1. The number of rotatable bonds is 6. The van der Waals surface area contributed by atoms with E-state index in [1.165, 1.54) is 0 Å². The van der Waals surface area contributed by atoms with Crippen molar-refractivity contribution in [3.8, 4) is 5.75 Å². The SMILES string of the molecule is CCCNC(=O)[C@H](CC)Oc1ccccc1C. The van der Waals surface area contributed by atoms with Crippen molar-refractivity contribution in [3.05, 3.63) is 29.8 Å². The molecule has 0 aliphatic rings. The highest BCUT2D eigenvalue weighted by molar-refractivity contribution is 5.81. The summed E-state index contributed by atoms with van der Waals surface area (Å²) in [7, 11) is 0. The molecule has 0 heterocycles. The molecule has 0 spiro atoms. The standard InChI is InChI=1S/C14H21NO2/c1-4-10-15-14(16)12(5-2)17-13-9-7-6-8-11(13)3/h6-9,12H,4-5,10H2,1-3H3,(H,15,16)/t12-/m0/s1. The number of hydrogen-bond donors (Lipinski definition) is 1. The largest absolute Gasteiger partial charge is 0.480 e. The second kappa shape index (κ2) is 6.94. The van der Waals surface area contributed by atoms with Gasteiger partial charge in [-0.05, 0) is 31.4 Å². The van der Waals surface area contributed by atoms with Crippen molar-refractivity contribution in [3.63, 3.8) is 0 Å². The van der Waals surface area contributed by atoms with E-state index in [0.717, 1.165) is 17.7 Å². The molecule has 3 heteroatoms. The summed E-state index contributed by atoms with van der Waals surface area (Å²) in [6.07, 6.45) is 1.21. The molecule has 1 aromatic rings. The molecule has 1 aromatic carbocycles. The summed E-state index contributed by atoms with van der Waals surface area (Å²) in [4.78, 5) is 11.8. The summed E-state index contributed by atoms with van der Waals surface area (Å²) < 4.78 is 5.74. The molecule has 3 nitrogen and oxygen atoms in total. The summed E-state index contributed by atoms with van der Waals surface area (Å²) in [6, 6.07) is 7.75. The van der Waals surface area contributed by atoms with Gasteiger partial charge in [-0.2, -0.15) is 0 Å². The summed E-state index contributed by atoms with van der Waals surface area (Å²) in [5.41, 5.74) is 1.05. The second-order valence-electron chi connectivity index (χ2n) is 4.07. The number of amides is 1. The summed E-state index contributed by atoms with van der Waals surface area (Å²) >= 11 is 0. The third-order valence-electron chi connectivity index (χ3n) is 2.58. The summed E-state index contributed by atoms with van der Waals surface area (Å²) in [5, 5.41) is 2.86. The van der Waals surface area contributed by atoms with Crippen LogP contribution in [-0.2, 0) is 4.79 Å². The van der Waals surface area contributed by atoms with Gasteiger partial charge in [-0.3, -0.25) is 4.79 Å². The Morgan fingerprint density at radius 3 is 2.65 bits per heavy atom. The van der Waals surface area contributed by atoms with Crippen LogP contribution in [0.4, 0.5) is 0 Å². The Labute approximate surface area is 103 Å². The molecular weight excluding hydrogens is 214 g/mol. The summed E-state index contributed by atoms with van der Waals surface area (Å²) in [6.45, 7) is 6.66. The van der Waals surface area contributed by atoms with Crippen molar-refractivity contribution in [1.29, 1.82) is 0 Å². The molecule has 1 atom stereocenters. The van der Waals surface area contributed by atoms with E-state index >= 15 is 0 Å². The fourth-order valence-corrected chi connectivity index (χ4v) is 1.53. The average Bonchev–Trinajstić information content (AvgIpc) is 2.35. The Morgan fingerprint density at radius 2 is 2.06 bits per heavy atom. The molecule has 0 fully saturated rings. The molecule has 0 bridgehead atoms. The highest BCUT2D eigenvalue weighted by Gasteiger charge is 2.18. The van der Waals surface area contributed by atoms with Crippen LogP contribution in [0, 0.1) is 6.92 Å². The van der Waals surface area contributed by atoms with Crippen LogP contribution in [0.15, 0.2) is 24.3 Å². The molecule has 1 amide bonds. The summed E-state index contributed by atoms with van der Waals surface area (Å²) in [5.74, 6) is 0.753. The number of benzene rings is 1. The maximum atomic E-state index is 11.8. The topological polar surface area (TPSA) is 38.3 Å². The van der Waals surface area contributed by atoms with Crippen LogP contribution < -0.4 is 10.1 Å². The third-order valence-corrected chi connectivity index (χ3v) is 2.58. The fourth-order valence-electron chi connectivity index (χ4n) is 1.53. The number of aryl methyl sites for hydroxylation is 1. The lowest BCUT2D eigenvalue weighted by Crippen LogP contribution is -2.38. The Bertz CT molecular complexity index is 363. The molecule has 0 saturated carbocycles. The van der Waals surface area contributed by atoms with Gasteiger partial charge in [0, 0.05) is 6.54 Å². The molecule has 0 aromatic heterocycles. The van der Waals surface area contributed by atoms with Gasteiger partial charge in [0.25, 0.3) is 5.91 Å². The Kier molecular flexibility index (Phi) is 5.53. The molecule has 1 N–H and O–H groups in total. The fraction of sp³-hybridized carbons (Fsp3) is 0.500. The Morgan fingerprint density at radius 1 is 1.35 bits per heavy atom. The van der Waals surface area contributed by atoms with Crippen molar-refractivity contribution in [2.45, 2.75) is 39.7 Å². The molecule has 17 heavy (non-hydrogen) atoms. The Hall–Kier alpha value is -1.51. The van der Waals surface area contributed by atoms with Gasteiger partial charge in [0.15, 0.2) is 6.10 Å². The van der Waals surface area contributed by atoms with Gasteiger partial charge >= 0.3 is 0 Å². The minimum atomic E-state index is -0.400. The predicted octanol–water partition coefficient (Wildman–Crippen LogP) is 2.68. The van der Waals surface area contributed by atoms with E-state index in [-0.39, 0.29) is 5.91 Å². The van der Waals surface area contributed by atoms with E-state index < -0.39 is 6.10 Å². The van der Waals surface area contributed by atoms with Crippen LogP contribution in [0.1, 0.15) is 32.3 Å². The zero-order chi connectivity index (χ0) is 12.7. The van der Waals surface area contributed by atoms with Crippen LogP contribution in [0.25, 0.3) is 0 Å². The monoisotopic (exact) mass is 235 g/mol. The lowest BCUT2D eigenvalue weighted by atomic mass is 10.2. The molecule has 0 aliphatic carbocycles. The number of carbonyl (C=O) groups excluding carboxylic acids is 1. The average molecular weight is 235 g/mol. The van der Waals surface area contributed by atoms with Crippen molar-refractivity contribution in [2.75, 3.05) is 6.54 Å². The first-order valence-electron chi connectivity index (χ1n) is 6.19. The molecular formula is C14H21NO2. The molecule has 94 valence electrons. The van der Waals surface area contributed by atoms with Crippen molar-refractivity contribution in [2.24, 2.45) is 0 Å². The van der Waals surface area contributed by atoms with Gasteiger partial charge in [-0.25, -0.2) is 0 Å². The Balaban J connectivity index is 2.63. The molecule has 0 saturated heterocycles. The van der Waals surface area contributed by atoms with Crippen LogP contribution >= 0.6 is 0 Å². The van der Waals surface area contributed by atoms with Crippen LogP contribution in [0.2, 0.25) is 0 Å². The van der Waals surface area contributed by atoms with E-state index in [9.17, 15) is 4.79 Å². The number of ether oxygens (including phenoxy) is 1. The second-order valence-corrected chi connectivity index (χ2v) is 4.07. The minimum absolute atomic E-state index is 0.0300. The number of hydrogen-bond acceptors (Lipinski definition) is 2. The first-order valence-corrected chi connectivity index (χ1v) is 6.19. The normalized spacial score (nSPS) is 11.9. The smallest absolute Gasteiger partial charge is 0.261 e. The highest BCUT2D eigenvalue weighted by Crippen LogP contribution is 2.18. The zero-order valence-electron chi connectivity index (χ0n) is 10.8. The van der Waals surface area contributed by atoms with Gasteiger partial charge in [0.2, 0.25) is 0 Å². The van der Waals surface area contributed by atoms with E-state index in [1.54, 1.807) is 0 Å². The van der Waals surface area contributed by atoms with Crippen LogP contribution in [0.5, 0.6) is 5.75 Å². The van der Waals surface area contributed by atoms with Gasteiger partial charge in [0.05, 0.1) is 0 Å². The molecule has 0 aliphatic heterocycles. The van der Waals surface area contributed by atoms with Crippen molar-refractivity contribution >= 4 is 5.91 Å². The van der Waals surface area contributed by atoms with E-state index in [4.69, 9.17) is 4.74 Å². The molecule has 0 unspecified atom stereocenters. The maximum Gasteiger partial charge on any atom is 0.261 e. The quantitative estimate of drug-likeness (QED) is 0.823. The zero-order valence-corrected chi connectivity index (χ0v) is 10.8.